The molecule has 0 bridgehead atoms. The molecular weight excluding hydrogens is 268 g/mol. The van der Waals surface area contributed by atoms with E-state index in [1.165, 1.54) is 16.7 Å². The van der Waals surface area contributed by atoms with Crippen molar-refractivity contribution in [3.05, 3.63) is 70.3 Å². The SMILES string of the molecule is CC(C)Cc1ccc(C#N)cc1.Cc1ccc(C#N)cc1C. The maximum atomic E-state index is 8.56. The highest BCUT2D eigenvalue weighted by Gasteiger charge is 1.97. The Hall–Kier alpha value is -2.58. The lowest BCUT2D eigenvalue weighted by Crippen LogP contribution is -1.93. The van der Waals surface area contributed by atoms with E-state index in [9.17, 15) is 0 Å². The van der Waals surface area contributed by atoms with Crippen LogP contribution in [0.4, 0.5) is 0 Å². The van der Waals surface area contributed by atoms with E-state index in [1.807, 2.05) is 56.3 Å². The number of aryl methyl sites for hydroxylation is 2. The highest BCUT2D eigenvalue weighted by atomic mass is 14.2. The van der Waals surface area contributed by atoms with E-state index in [1.54, 1.807) is 0 Å². The van der Waals surface area contributed by atoms with Gasteiger partial charge in [0.2, 0.25) is 0 Å². The molecule has 2 aromatic carbocycles. The van der Waals surface area contributed by atoms with Crippen LogP contribution in [-0.4, -0.2) is 0 Å². The van der Waals surface area contributed by atoms with Crippen molar-refractivity contribution >= 4 is 0 Å². The third kappa shape index (κ3) is 5.81. The molecule has 0 saturated carbocycles. The molecule has 22 heavy (non-hydrogen) atoms. The second-order valence-electron chi connectivity index (χ2n) is 5.82. The molecule has 0 unspecified atom stereocenters. The van der Waals surface area contributed by atoms with Gasteiger partial charge in [0, 0.05) is 0 Å². The van der Waals surface area contributed by atoms with E-state index in [-0.39, 0.29) is 0 Å². The zero-order valence-corrected chi connectivity index (χ0v) is 13.7. The maximum absolute atomic E-state index is 8.56. The zero-order valence-electron chi connectivity index (χ0n) is 13.7. The number of nitrogens with zero attached hydrogens (tertiary/aromatic N) is 2. The largest absolute Gasteiger partial charge is 0.192 e. The number of hydrogen-bond acceptors (Lipinski definition) is 2. The minimum atomic E-state index is 0.679. The fourth-order valence-corrected chi connectivity index (χ4v) is 2.00. The number of benzene rings is 2. The van der Waals surface area contributed by atoms with Crippen LogP contribution in [0.1, 0.15) is 41.7 Å². The smallest absolute Gasteiger partial charge is 0.0991 e. The van der Waals surface area contributed by atoms with Crippen LogP contribution in [0.15, 0.2) is 42.5 Å². The molecule has 0 aliphatic heterocycles. The van der Waals surface area contributed by atoms with Gasteiger partial charge in [-0.3, -0.25) is 0 Å². The summed E-state index contributed by atoms with van der Waals surface area (Å²) in [5.41, 5.74) is 5.20. The second-order valence-corrected chi connectivity index (χ2v) is 5.82. The Bertz CT molecular complexity index is 683. The fourth-order valence-electron chi connectivity index (χ4n) is 2.00. The molecule has 2 rings (SSSR count). The molecule has 0 saturated heterocycles. The molecule has 2 aromatic rings. The normalized spacial score (nSPS) is 9.41. The summed E-state index contributed by atoms with van der Waals surface area (Å²) in [6.07, 6.45) is 1.09. The summed E-state index contributed by atoms with van der Waals surface area (Å²) in [6, 6.07) is 17.7. The van der Waals surface area contributed by atoms with Crippen LogP contribution >= 0.6 is 0 Å². The molecule has 0 aliphatic carbocycles. The van der Waals surface area contributed by atoms with Gasteiger partial charge in [-0.05, 0) is 67.1 Å². The van der Waals surface area contributed by atoms with Gasteiger partial charge in [-0.2, -0.15) is 10.5 Å². The second kappa shape index (κ2) is 8.65. The third-order valence-electron chi connectivity index (χ3n) is 3.36. The van der Waals surface area contributed by atoms with Gasteiger partial charge in [0.1, 0.15) is 0 Å². The van der Waals surface area contributed by atoms with Crippen LogP contribution in [0.2, 0.25) is 0 Å². The lowest BCUT2D eigenvalue weighted by Gasteiger charge is -2.03. The van der Waals surface area contributed by atoms with Crippen LogP contribution in [0.25, 0.3) is 0 Å². The van der Waals surface area contributed by atoms with Crippen molar-refractivity contribution in [2.24, 2.45) is 5.92 Å². The number of hydrogen-bond donors (Lipinski definition) is 0. The standard InChI is InChI=1S/C11H13N.C9H9N/c1-9(2)7-10-3-5-11(8-12)6-4-10;1-7-3-4-9(6-10)5-8(7)2/h3-6,9H,7H2,1-2H3;3-5H,1-2H3. The highest BCUT2D eigenvalue weighted by molar-refractivity contribution is 5.36. The van der Waals surface area contributed by atoms with Crippen LogP contribution in [0.3, 0.4) is 0 Å². The van der Waals surface area contributed by atoms with Crippen LogP contribution in [-0.2, 0) is 6.42 Å². The monoisotopic (exact) mass is 290 g/mol. The van der Waals surface area contributed by atoms with Crippen molar-refractivity contribution < 1.29 is 0 Å². The van der Waals surface area contributed by atoms with E-state index in [0.717, 1.165) is 17.5 Å². The molecule has 0 heterocycles. The van der Waals surface area contributed by atoms with Gasteiger partial charge in [-0.15, -0.1) is 0 Å². The quantitative estimate of drug-likeness (QED) is 0.787. The molecular formula is C20H22N2. The summed E-state index contributed by atoms with van der Waals surface area (Å²) < 4.78 is 0. The van der Waals surface area contributed by atoms with E-state index in [4.69, 9.17) is 10.5 Å². The molecule has 0 radical (unpaired) electrons. The lowest BCUT2D eigenvalue weighted by molar-refractivity contribution is 0.647. The summed E-state index contributed by atoms with van der Waals surface area (Å²) in [4.78, 5) is 0. The van der Waals surface area contributed by atoms with Gasteiger partial charge in [0.25, 0.3) is 0 Å². The summed E-state index contributed by atoms with van der Waals surface area (Å²) in [5.74, 6) is 0.679. The predicted molar refractivity (Wildman–Crippen MR) is 90.3 cm³/mol. The van der Waals surface area contributed by atoms with Crippen molar-refractivity contribution in [2.45, 2.75) is 34.1 Å². The van der Waals surface area contributed by atoms with E-state index >= 15 is 0 Å². The van der Waals surface area contributed by atoms with Crippen LogP contribution in [0, 0.1) is 42.4 Å². The van der Waals surface area contributed by atoms with Gasteiger partial charge in [0.15, 0.2) is 0 Å². The van der Waals surface area contributed by atoms with Gasteiger partial charge in [0.05, 0.1) is 23.3 Å². The summed E-state index contributed by atoms with van der Waals surface area (Å²) in [5, 5.41) is 17.1. The van der Waals surface area contributed by atoms with Crippen molar-refractivity contribution in [3.63, 3.8) is 0 Å². The first-order valence-corrected chi connectivity index (χ1v) is 7.42. The Morgan fingerprint density at radius 1 is 0.818 bits per heavy atom. The number of nitriles is 2. The van der Waals surface area contributed by atoms with Gasteiger partial charge >= 0.3 is 0 Å². The molecule has 0 spiro atoms. The topological polar surface area (TPSA) is 47.6 Å². The summed E-state index contributed by atoms with van der Waals surface area (Å²) in [7, 11) is 0. The Morgan fingerprint density at radius 2 is 1.36 bits per heavy atom. The van der Waals surface area contributed by atoms with Crippen LogP contribution < -0.4 is 0 Å². The van der Waals surface area contributed by atoms with Crippen molar-refractivity contribution in [3.8, 4) is 12.1 Å². The van der Waals surface area contributed by atoms with Crippen molar-refractivity contribution in [1.29, 1.82) is 10.5 Å². The lowest BCUT2D eigenvalue weighted by atomic mass is 10.0. The Morgan fingerprint density at radius 3 is 1.82 bits per heavy atom. The third-order valence-corrected chi connectivity index (χ3v) is 3.36. The fraction of sp³-hybridized carbons (Fsp3) is 0.300. The molecule has 2 heteroatoms. The Kier molecular flexibility index (Phi) is 6.87. The van der Waals surface area contributed by atoms with Gasteiger partial charge in [-0.25, -0.2) is 0 Å². The van der Waals surface area contributed by atoms with Gasteiger partial charge < -0.3 is 0 Å². The Balaban J connectivity index is 0.000000224. The average Bonchev–Trinajstić information content (AvgIpc) is 2.51. The van der Waals surface area contributed by atoms with Crippen LogP contribution in [0.5, 0.6) is 0 Å². The predicted octanol–water partition coefficient (Wildman–Crippen LogP) is 4.93. The molecule has 0 N–H and O–H groups in total. The Labute approximate surface area is 133 Å². The van der Waals surface area contributed by atoms with Crippen molar-refractivity contribution in [1.82, 2.24) is 0 Å². The van der Waals surface area contributed by atoms with E-state index < -0.39 is 0 Å². The zero-order chi connectivity index (χ0) is 16.5. The molecule has 0 aromatic heterocycles. The van der Waals surface area contributed by atoms with Gasteiger partial charge in [-0.1, -0.05) is 32.0 Å². The minimum Gasteiger partial charge on any atom is -0.192 e. The minimum absolute atomic E-state index is 0.679. The van der Waals surface area contributed by atoms with E-state index in [0.29, 0.717) is 5.92 Å². The molecule has 0 aliphatic rings. The molecule has 2 nitrogen and oxygen atoms in total. The average molecular weight is 290 g/mol. The highest BCUT2D eigenvalue weighted by Crippen LogP contribution is 2.09. The molecule has 0 atom stereocenters. The molecule has 0 fully saturated rings. The molecule has 112 valence electrons. The summed E-state index contributed by atoms with van der Waals surface area (Å²) in [6.45, 7) is 8.43. The van der Waals surface area contributed by atoms with E-state index in [2.05, 4.69) is 26.0 Å². The first kappa shape index (κ1) is 17.5. The maximum Gasteiger partial charge on any atom is 0.0991 e. The molecule has 0 amide bonds. The summed E-state index contributed by atoms with van der Waals surface area (Å²) >= 11 is 0. The number of rotatable bonds is 2. The first-order valence-electron chi connectivity index (χ1n) is 7.42. The van der Waals surface area contributed by atoms with Crippen molar-refractivity contribution in [2.75, 3.05) is 0 Å². The first-order chi connectivity index (χ1) is 10.5.